The van der Waals surface area contributed by atoms with Crippen LogP contribution in [0.25, 0.3) is 21.5 Å². The molecule has 0 aliphatic carbocycles. The summed E-state index contributed by atoms with van der Waals surface area (Å²) >= 11 is 0. The lowest BCUT2D eigenvalue weighted by Gasteiger charge is -2.23. The molecule has 0 amide bonds. The van der Waals surface area contributed by atoms with Crippen LogP contribution in [0.15, 0.2) is 48.5 Å². The Hall–Kier alpha value is -3.36. The van der Waals surface area contributed by atoms with Crippen LogP contribution in [0, 0.1) is 0 Å². The molecular formula is C44H66O8. The molecule has 290 valence electrons. The Morgan fingerprint density at radius 1 is 0.462 bits per heavy atom. The molecule has 0 radical (unpaired) electrons. The van der Waals surface area contributed by atoms with Crippen LogP contribution in [0.4, 0.5) is 0 Å². The van der Waals surface area contributed by atoms with E-state index in [4.69, 9.17) is 28.4 Å². The molecule has 0 aliphatic heterocycles. The third-order valence-corrected chi connectivity index (χ3v) is 9.12. The van der Waals surface area contributed by atoms with Gasteiger partial charge in [-0.3, -0.25) is 9.59 Å². The lowest BCUT2D eigenvalue weighted by molar-refractivity contribution is -0.155. The summed E-state index contributed by atoms with van der Waals surface area (Å²) in [5.41, 5.74) is 0. The van der Waals surface area contributed by atoms with Crippen molar-refractivity contribution >= 4 is 33.5 Å². The molecule has 8 heteroatoms. The summed E-state index contributed by atoms with van der Waals surface area (Å²) in [7, 11) is 0. The lowest BCUT2D eigenvalue weighted by Crippen LogP contribution is -2.30. The fourth-order valence-electron chi connectivity index (χ4n) is 6.16. The van der Waals surface area contributed by atoms with Gasteiger partial charge in [0.15, 0.2) is 12.2 Å². The van der Waals surface area contributed by atoms with Gasteiger partial charge in [0.2, 0.25) is 0 Å². The predicted molar refractivity (Wildman–Crippen MR) is 210 cm³/mol. The maximum Gasteiger partial charge on any atom is 0.306 e. The zero-order chi connectivity index (χ0) is 37.2. The van der Waals surface area contributed by atoms with Crippen LogP contribution in [-0.2, 0) is 28.5 Å². The quantitative estimate of drug-likeness (QED) is 0.0382. The average molecular weight is 723 g/mol. The molecule has 0 N–H and O–H groups in total. The van der Waals surface area contributed by atoms with E-state index in [2.05, 4.69) is 27.7 Å². The van der Waals surface area contributed by atoms with E-state index in [0.717, 1.165) is 111 Å². The van der Waals surface area contributed by atoms with Crippen LogP contribution in [0.1, 0.15) is 130 Å². The number of fused-ring (bicyclic) bond motifs is 2. The Balaban J connectivity index is 1.82. The topological polar surface area (TPSA) is 89.5 Å². The third-order valence-electron chi connectivity index (χ3n) is 9.12. The Morgan fingerprint density at radius 2 is 0.808 bits per heavy atom. The Bertz CT molecular complexity index is 1260. The van der Waals surface area contributed by atoms with E-state index in [0.29, 0.717) is 37.6 Å². The van der Waals surface area contributed by atoms with Gasteiger partial charge in [-0.1, -0.05) is 140 Å². The van der Waals surface area contributed by atoms with Gasteiger partial charge < -0.3 is 28.4 Å². The van der Waals surface area contributed by atoms with Gasteiger partial charge in [0.05, 0.1) is 13.2 Å². The van der Waals surface area contributed by atoms with E-state index in [1.165, 1.54) is 0 Å². The molecule has 8 nitrogen and oxygen atoms in total. The highest BCUT2D eigenvalue weighted by Crippen LogP contribution is 2.43. The van der Waals surface area contributed by atoms with Gasteiger partial charge in [-0.2, -0.15) is 0 Å². The summed E-state index contributed by atoms with van der Waals surface area (Å²) in [5.74, 6) is 0.961. The number of carbonyl (C=O) groups excluding carboxylic acids is 2. The predicted octanol–water partition coefficient (Wildman–Crippen LogP) is 10.9. The number of benzene rings is 3. The van der Waals surface area contributed by atoms with Crippen molar-refractivity contribution < 1.29 is 38.0 Å². The van der Waals surface area contributed by atoms with Crippen LogP contribution in [0.5, 0.6) is 11.5 Å². The first-order chi connectivity index (χ1) is 25.5. The molecule has 3 rings (SSSR count). The molecule has 3 aromatic rings. The normalized spacial score (nSPS) is 12.5. The fraction of sp³-hybridized carbons (Fsp3) is 0.636. The summed E-state index contributed by atoms with van der Waals surface area (Å²) < 4.78 is 37.0. The SMILES string of the molecule is CCCCCCC(=O)OC(COCCCCC)COc1c2ccccc2c(OCC(COCCCCC)OC(=O)CCCCCC)c2ccccc12. The first kappa shape index (κ1) is 43.0. The van der Waals surface area contributed by atoms with E-state index >= 15 is 0 Å². The van der Waals surface area contributed by atoms with E-state index in [-0.39, 0.29) is 38.4 Å². The number of hydrogen-bond acceptors (Lipinski definition) is 8. The van der Waals surface area contributed by atoms with Crippen LogP contribution < -0.4 is 9.47 Å². The van der Waals surface area contributed by atoms with Gasteiger partial charge in [0.25, 0.3) is 0 Å². The number of rotatable bonds is 30. The molecule has 52 heavy (non-hydrogen) atoms. The third kappa shape index (κ3) is 15.7. The summed E-state index contributed by atoms with van der Waals surface area (Å²) in [4.78, 5) is 25.7. The highest BCUT2D eigenvalue weighted by Gasteiger charge is 2.22. The van der Waals surface area contributed by atoms with E-state index in [1.54, 1.807) is 0 Å². The molecule has 0 saturated carbocycles. The van der Waals surface area contributed by atoms with Crippen molar-refractivity contribution in [3.63, 3.8) is 0 Å². The highest BCUT2D eigenvalue weighted by atomic mass is 16.6. The van der Waals surface area contributed by atoms with E-state index < -0.39 is 12.2 Å². The largest absolute Gasteiger partial charge is 0.488 e. The van der Waals surface area contributed by atoms with Crippen LogP contribution in [0.3, 0.4) is 0 Å². The van der Waals surface area contributed by atoms with E-state index in [1.807, 2.05) is 48.5 Å². The van der Waals surface area contributed by atoms with Gasteiger partial charge in [0.1, 0.15) is 24.7 Å². The first-order valence-electron chi connectivity index (χ1n) is 20.3. The molecule has 0 aromatic heterocycles. The number of hydrogen-bond donors (Lipinski definition) is 0. The molecule has 3 aromatic carbocycles. The monoisotopic (exact) mass is 722 g/mol. The van der Waals surface area contributed by atoms with Crippen molar-refractivity contribution in [1.29, 1.82) is 0 Å². The van der Waals surface area contributed by atoms with Gasteiger partial charge >= 0.3 is 11.9 Å². The van der Waals surface area contributed by atoms with Crippen molar-refractivity contribution in [2.75, 3.05) is 39.6 Å². The minimum Gasteiger partial charge on any atom is -0.488 e. The van der Waals surface area contributed by atoms with E-state index in [9.17, 15) is 9.59 Å². The number of ether oxygens (including phenoxy) is 6. The van der Waals surface area contributed by atoms with Crippen LogP contribution >= 0.6 is 0 Å². The molecule has 0 heterocycles. The van der Waals surface area contributed by atoms with Crippen molar-refractivity contribution in [2.45, 2.75) is 143 Å². The maximum absolute atomic E-state index is 12.8. The average Bonchev–Trinajstić information content (AvgIpc) is 3.15. The fourth-order valence-corrected chi connectivity index (χ4v) is 6.16. The summed E-state index contributed by atoms with van der Waals surface area (Å²) in [6.07, 6.45) is 14.2. The van der Waals surface area contributed by atoms with Crippen LogP contribution in [0.2, 0.25) is 0 Å². The Labute approximate surface area is 313 Å². The number of unbranched alkanes of at least 4 members (excludes halogenated alkanes) is 10. The number of carbonyl (C=O) groups is 2. The smallest absolute Gasteiger partial charge is 0.306 e. The van der Waals surface area contributed by atoms with Crippen molar-refractivity contribution in [1.82, 2.24) is 0 Å². The second kappa shape index (κ2) is 26.4. The molecule has 0 saturated heterocycles. The maximum atomic E-state index is 12.8. The zero-order valence-corrected chi connectivity index (χ0v) is 32.6. The lowest BCUT2D eigenvalue weighted by atomic mass is 10.0. The first-order valence-corrected chi connectivity index (χ1v) is 20.3. The number of esters is 2. The standard InChI is InChI=1S/C44H66O8/c1-5-9-13-15-27-41(45)51-35(31-47-29-21-11-7-3)33-49-43-37-23-17-19-25-39(37)44(40-26-20-18-24-38(40)43)50-34-36(32-48-30-22-12-8-4)52-42(46)28-16-14-10-6-2/h17-20,23-26,35-36H,5-16,21-22,27-34H2,1-4H3. The molecule has 0 spiro atoms. The highest BCUT2D eigenvalue weighted by molar-refractivity contribution is 6.11. The van der Waals surface area contributed by atoms with Gasteiger partial charge in [-0.05, 0) is 25.7 Å². The minimum atomic E-state index is -0.538. The molecule has 0 aliphatic rings. The van der Waals surface area contributed by atoms with Gasteiger partial charge in [-0.15, -0.1) is 0 Å². The second-order valence-corrected chi connectivity index (χ2v) is 13.8. The van der Waals surface area contributed by atoms with Gasteiger partial charge in [0, 0.05) is 47.6 Å². The van der Waals surface area contributed by atoms with Crippen molar-refractivity contribution in [3.05, 3.63) is 48.5 Å². The second-order valence-electron chi connectivity index (χ2n) is 13.8. The minimum absolute atomic E-state index is 0.161. The Kier molecular flexibility index (Phi) is 21.9. The van der Waals surface area contributed by atoms with Crippen molar-refractivity contribution in [2.24, 2.45) is 0 Å². The summed E-state index contributed by atoms with van der Waals surface area (Å²) in [6.45, 7) is 10.8. The molecule has 2 atom stereocenters. The molecule has 0 fully saturated rings. The summed E-state index contributed by atoms with van der Waals surface area (Å²) in [5, 5.41) is 3.52. The van der Waals surface area contributed by atoms with Crippen molar-refractivity contribution in [3.8, 4) is 11.5 Å². The molecule has 2 unspecified atom stereocenters. The molecular weight excluding hydrogens is 656 g/mol. The summed E-state index contributed by atoms with van der Waals surface area (Å²) in [6, 6.07) is 16.0. The van der Waals surface area contributed by atoms with Crippen LogP contribution in [-0.4, -0.2) is 63.8 Å². The van der Waals surface area contributed by atoms with Gasteiger partial charge in [-0.25, -0.2) is 0 Å². The molecule has 0 bridgehead atoms. The zero-order valence-electron chi connectivity index (χ0n) is 32.6. The Morgan fingerprint density at radius 3 is 1.15 bits per heavy atom.